The van der Waals surface area contributed by atoms with E-state index in [0.717, 1.165) is 25.8 Å². The number of rotatable bonds is 7. The van der Waals surface area contributed by atoms with Gasteiger partial charge in [-0.25, -0.2) is 0 Å². The van der Waals surface area contributed by atoms with E-state index in [9.17, 15) is 4.79 Å². The summed E-state index contributed by atoms with van der Waals surface area (Å²) in [4.78, 5) is 11.0. The molecular formula is C8H19BN2O. The van der Waals surface area contributed by atoms with E-state index < -0.39 is 0 Å². The minimum absolute atomic E-state index is 0.0573. The van der Waals surface area contributed by atoms with Crippen molar-refractivity contribution in [2.45, 2.75) is 32.2 Å². The molecule has 70 valence electrons. The van der Waals surface area contributed by atoms with E-state index in [0.29, 0.717) is 0 Å². The lowest BCUT2D eigenvalue weighted by atomic mass is 10.0. The maximum absolute atomic E-state index is 11.0. The number of carbonyl (C=O) groups excluding carboxylic acids is 1. The monoisotopic (exact) mass is 170 g/mol. The molecule has 0 radical (unpaired) electrons. The first-order valence-corrected chi connectivity index (χ1v) is 4.54. The molecule has 0 fully saturated rings. The summed E-state index contributed by atoms with van der Waals surface area (Å²) in [6, 6.07) is 0.0573. The zero-order valence-electron chi connectivity index (χ0n) is 8.31. The minimum Gasteiger partial charge on any atom is -0.353 e. The molecule has 0 aliphatic rings. The molecule has 0 aromatic heterocycles. The highest BCUT2D eigenvalue weighted by Crippen LogP contribution is 2.00. The Kier molecular flexibility index (Phi) is 7.10. The Hall–Kier alpha value is -0.345. The van der Waals surface area contributed by atoms with Crippen LogP contribution in [-0.2, 0) is 4.79 Å². The van der Waals surface area contributed by atoms with Gasteiger partial charge in [0, 0.05) is 0 Å². The van der Waals surface area contributed by atoms with Crippen molar-refractivity contribution in [3.63, 3.8) is 0 Å². The zero-order chi connectivity index (χ0) is 9.40. The minimum atomic E-state index is 0.0573. The second kappa shape index (κ2) is 7.31. The number of nitrogens with one attached hydrogen (secondary N) is 2. The number of Topliss-reactive ketones (excluding diaryl/α,β-unsaturated/α-hetero) is 1. The topological polar surface area (TPSA) is 41.1 Å². The van der Waals surface area contributed by atoms with Gasteiger partial charge in [0.25, 0.3) is 0 Å². The Morgan fingerprint density at radius 3 is 2.58 bits per heavy atom. The summed E-state index contributed by atoms with van der Waals surface area (Å²) in [5, 5.41) is 6.09. The van der Waals surface area contributed by atoms with Crippen LogP contribution in [0.3, 0.4) is 0 Å². The van der Waals surface area contributed by atoms with Crippen LogP contribution in [0.25, 0.3) is 0 Å². The highest BCUT2D eigenvalue weighted by Gasteiger charge is 2.09. The average Bonchev–Trinajstić information content (AvgIpc) is 2.04. The number of carbonyl (C=O) groups is 1. The molecule has 0 aromatic carbocycles. The Morgan fingerprint density at radius 1 is 1.50 bits per heavy atom. The Balaban J connectivity index is 3.38. The van der Waals surface area contributed by atoms with Gasteiger partial charge in [-0.2, -0.15) is 0 Å². The Morgan fingerprint density at radius 2 is 2.17 bits per heavy atom. The maximum atomic E-state index is 11.0. The van der Waals surface area contributed by atoms with Gasteiger partial charge in [-0.3, -0.25) is 4.79 Å². The molecular weight excluding hydrogens is 151 g/mol. The zero-order valence-corrected chi connectivity index (χ0v) is 8.31. The van der Waals surface area contributed by atoms with Crippen LogP contribution in [0.5, 0.6) is 0 Å². The summed E-state index contributed by atoms with van der Waals surface area (Å²) in [7, 11) is 3.78. The van der Waals surface area contributed by atoms with Crippen molar-refractivity contribution in [3.05, 3.63) is 0 Å². The van der Waals surface area contributed by atoms with E-state index in [-0.39, 0.29) is 11.8 Å². The maximum Gasteiger partial charge on any atom is 0.182 e. The predicted octanol–water partition coefficient (Wildman–Crippen LogP) is -0.529. The van der Waals surface area contributed by atoms with Crippen molar-refractivity contribution in [2.24, 2.45) is 0 Å². The second-order valence-corrected chi connectivity index (χ2v) is 3.05. The molecule has 0 aromatic rings. The molecule has 0 aliphatic heterocycles. The van der Waals surface area contributed by atoms with E-state index in [1.165, 1.54) is 0 Å². The van der Waals surface area contributed by atoms with Crippen LogP contribution >= 0.6 is 0 Å². The van der Waals surface area contributed by atoms with Crippen LogP contribution in [0, 0.1) is 0 Å². The lowest BCUT2D eigenvalue weighted by molar-refractivity contribution is -0.118. The number of hydrogen-bond donors (Lipinski definition) is 2. The second-order valence-electron chi connectivity index (χ2n) is 3.05. The highest BCUT2D eigenvalue weighted by molar-refractivity contribution is 6.06. The molecule has 0 aliphatic carbocycles. The molecule has 2 N–H and O–H groups in total. The average molecular weight is 170 g/mol. The van der Waals surface area contributed by atoms with Gasteiger partial charge in [0.15, 0.2) is 7.98 Å². The standard InChI is InChI=1S/C8H19BN2O/c1-7(12)8(11-9)5-3-4-6-10-2/h8,10-11H,3-6,9H2,1-2H3. The van der Waals surface area contributed by atoms with Gasteiger partial charge in [0.1, 0.15) is 5.78 Å². The normalized spacial score (nSPS) is 12.8. The van der Waals surface area contributed by atoms with Gasteiger partial charge in [-0.1, -0.05) is 6.42 Å². The van der Waals surface area contributed by atoms with Gasteiger partial charge in [0.2, 0.25) is 0 Å². The van der Waals surface area contributed by atoms with Gasteiger partial charge >= 0.3 is 0 Å². The molecule has 1 unspecified atom stereocenters. The van der Waals surface area contributed by atoms with Crippen LogP contribution in [0.2, 0.25) is 0 Å². The van der Waals surface area contributed by atoms with Crippen molar-refractivity contribution in [1.29, 1.82) is 0 Å². The summed E-state index contributed by atoms with van der Waals surface area (Å²) in [5.74, 6) is 0.238. The predicted molar refractivity (Wildman–Crippen MR) is 53.9 cm³/mol. The van der Waals surface area contributed by atoms with Gasteiger partial charge in [-0.15, -0.1) is 0 Å². The van der Waals surface area contributed by atoms with E-state index >= 15 is 0 Å². The summed E-state index contributed by atoms with van der Waals surface area (Å²) < 4.78 is 0. The first-order valence-electron chi connectivity index (χ1n) is 4.54. The SMILES string of the molecule is BNC(CCCCNC)C(C)=O. The first-order chi connectivity index (χ1) is 5.72. The van der Waals surface area contributed by atoms with Crippen LogP contribution in [-0.4, -0.2) is 33.4 Å². The lowest BCUT2D eigenvalue weighted by Crippen LogP contribution is -2.33. The molecule has 1 atom stereocenters. The molecule has 4 heteroatoms. The molecule has 12 heavy (non-hydrogen) atoms. The van der Waals surface area contributed by atoms with Crippen LogP contribution in [0.1, 0.15) is 26.2 Å². The van der Waals surface area contributed by atoms with E-state index in [2.05, 4.69) is 10.5 Å². The van der Waals surface area contributed by atoms with Crippen molar-refractivity contribution in [2.75, 3.05) is 13.6 Å². The fourth-order valence-corrected chi connectivity index (χ4v) is 1.20. The number of hydrogen-bond acceptors (Lipinski definition) is 3. The van der Waals surface area contributed by atoms with Gasteiger partial charge in [-0.05, 0) is 33.4 Å². The quantitative estimate of drug-likeness (QED) is 0.398. The van der Waals surface area contributed by atoms with Crippen LogP contribution in [0.4, 0.5) is 0 Å². The first kappa shape index (κ1) is 11.7. The van der Waals surface area contributed by atoms with Crippen molar-refractivity contribution in [3.8, 4) is 0 Å². The molecule has 0 rings (SSSR count). The van der Waals surface area contributed by atoms with E-state index in [1.54, 1.807) is 6.92 Å². The molecule has 0 saturated heterocycles. The van der Waals surface area contributed by atoms with Gasteiger partial charge in [0.05, 0.1) is 6.04 Å². The van der Waals surface area contributed by atoms with Gasteiger partial charge < -0.3 is 10.5 Å². The molecule has 0 bridgehead atoms. The Labute approximate surface area is 75.7 Å². The largest absolute Gasteiger partial charge is 0.353 e. The molecule has 0 amide bonds. The third-order valence-corrected chi connectivity index (χ3v) is 2.01. The van der Waals surface area contributed by atoms with Crippen LogP contribution < -0.4 is 10.5 Å². The summed E-state index contributed by atoms with van der Waals surface area (Å²) in [5.41, 5.74) is 0. The van der Waals surface area contributed by atoms with E-state index in [4.69, 9.17) is 0 Å². The number of ketones is 1. The fraction of sp³-hybridized carbons (Fsp3) is 0.875. The molecule has 0 saturated carbocycles. The summed E-state index contributed by atoms with van der Waals surface area (Å²) in [6.07, 6.45) is 3.20. The van der Waals surface area contributed by atoms with E-state index in [1.807, 2.05) is 15.0 Å². The van der Waals surface area contributed by atoms with Crippen LogP contribution in [0.15, 0.2) is 0 Å². The molecule has 0 heterocycles. The highest BCUT2D eigenvalue weighted by atomic mass is 16.1. The van der Waals surface area contributed by atoms with Crippen molar-refractivity contribution in [1.82, 2.24) is 10.5 Å². The fourth-order valence-electron chi connectivity index (χ4n) is 1.20. The molecule has 0 spiro atoms. The third-order valence-electron chi connectivity index (χ3n) is 2.01. The number of unbranched alkanes of at least 4 members (excludes halogenated alkanes) is 1. The summed E-state index contributed by atoms with van der Waals surface area (Å²) >= 11 is 0. The Bertz CT molecular complexity index is 130. The summed E-state index contributed by atoms with van der Waals surface area (Å²) in [6.45, 7) is 2.67. The lowest BCUT2D eigenvalue weighted by Gasteiger charge is -2.11. The smallest absolute Gasteiger partial charge is 0.182 e. The van der Waals surface area contributed by atoms with Crippen molar-refractivity contribution < 1.29 is 4.79 Å². The molecule has 3 nitrogen and oxygen atoms in total. The third kappa shape index (κ3) is 5.32. The van der Waals surface area contributed by atoms with Crippen molar-refractivity contribution >= 4 is 13.8 Å².